The summed E-state index contributed by atoms with van der Waals surface area (Å²) in [5, 5.41) is 17.5. The van der Waals surface area contributed by atoms with Crippen LogP contribution in [0.5, 0.6) is 0 Å². The highest BCUT2D eigenvalue weighted by Crippen LogP contribution is 2.22. The molecular weight excluding hydrogens is 228 g/mol. The summed E-state index contributed by atoms with van der Waals surface area (Å²) in [6, 6.07) is 0.715. The molecule has 0 aromatic rings. The first-order valence-electron chi connectivity index (χ1n) is 7.38. The zero-order chi connectivity index (χ0) is 13.4. The molecule has 2 rings (SSSR count). The van der Waals surface area contributed by atoms with Gasteiger partial charge in [-0.25, -0.2) is 0 Å². The summed E-state index contributed by atoms with van der Waals surface area (Å²) in [4.78, 5) is 0. The number of aliphatic hydroxyl groups excluding tert-OH is 2. The van der Waals surface area contributed by atoms with E-state index in [1.165, 1.54) is 25.7 Å². The van der Waals surface area contributed by atoms with Crippen molar-refractivity contribution in [3.05, 3.63) is 0 Å². The number of nitrogens with two attached hydrogens (primary N) is 2. The van der Waals surface area contributed by atoms with Crippen LogP contribution in [0.25, 0.3) is 0 Å². The second-order valence-electron chi connectivity index (χ2n) is 5.95. The molecular formula is C14H30N2O2. The Morgan fingerprint density at radius 3 is 1.33 bits per heavy atom. The van der Waals surface area contributed by atoms with Gasteiger partial charge in [-0.05, 0) is 50.4 Å². The first-order chi connectivity index (χ1) is 8.65. The van der Waals surface area contributed by atoms with Crippen molar-refractivity contribution in [2.45, 2.75) is 63.5 Å². The SMILES string of the molecule is N[C@@H]1CCC[C@@H](CO)C1.N[C@H]1CCC[C@H](CO)C1. The van der Waals surface area contributed by atoms with Crippen LogP contribution in [0.4, 0.5) is 0 Å². The fourth-order valence-electron chi connectivity index (χ4n) is 3.00. The third-order valence-electron chi connectivity index (χ3n) is 4.16. The lowest BCUT2D eigenvalue weighted by molar-refractivity contribution is 0.180. The van der Waals surface area contributed by atoms with Crippen LogP contribution in [0.2, 0.25) is 0 Å². The quantitative estimate of drug-likeness (QED) is 0.594. The summed E-state index contributed by atoms with van der Waals surface area (Å²) >= 11 is 0. The molecule has 0 amide bonds. The van der Waals surface area contributed by atoms with Gasteiger partial charge in [0.15, 0.2) is 0 Å². The highest BCUT2D eigenvalue weighted by atomic mass is 16.3. The molecule has 2 aliphatic rings. The van der Waals surface area contributed by atoms with Gasteiger partial charge in [0.05, 0.1) is 0 Å². The van der Waals surface area contributed by atoms with Gasteiger partial charge in [0.2, 0.25) is 0 Å². The average molecular weight is 258 g/mol. The van der Waals surface area contributed by atoms with Crippen molar-refractivity contribution >= 4 is 0 Å². The van der Waals surface area contributed by atoms with Crippen LogP contribution < -0.4 is 11.5 Å². The number of aliphatic hydroxyl groups is 2. The standard InChI is InChI=1S/2C7H15NO/c2*8-7-3-1-2-6(4-7)5-9/h2*6-7,9H,1-5,8H2/t2*6-,7-/m10/s1. The van der Waals surface area contributed by atoms with E-state index in [1.807, 2.05) is 0 Å². The summed E-state index contributed by atoms with van der Waals surface area (Å²) in [5.74, 6) is 0.988. The van der Waals surface area contributed by atoms with Crippen molar-refractivity contribution in [1.82, 2.24) is 0 Å². The van der Waals surface area contributed by atoms with Crippen LogP contribution in [-0.4, -0.2) is 35.5 Å². The molecule has 0 saturated heterocycles. The van der Waals surface area contributed by atoms with Crippen molar-refractivity contribution < 1.29 is 10.2 Å². The second kappa shape index (κ2) is 8.86. The Bertz CT molecular complexity index is 192. The van der Waals surface area contributed by atoms with Crippen LogP contribution in [0.15, 0.2) is 0 Å². The topological polar surface area (TPSA) is 92.5 Å². The molecule has 2 fully saturated rings. The molecule has 6 N–H and O–H groups in total. The number of rotatable bonds is 2. The molecule has 0 unspecified atom stereocenters. The Kier molecular flexibility index (Phi) is 7.82. The highest BCUT2D eigenvalue weighted by Gasteiger charge is 2.18. The molecule has 2 aliphatic carbocycles. The van der Waals surface area contributed by atoms with E-state index >= 15 is 0 Å². The van der Waals surface area contributed by atoms with Crippen LogP contribution in [0, 0.1) is 11.8 Å². The molecule has 0 aromatic heterocycles. The summed E-state index contributed by atoms with van der Waals surface area (Å²) in [7, 11) is 0. The zero-order valence-electron chi connectivity index (χ0n) is 11.4. The van der Waals surface area contributed by atoms with E-state index in [0.29, 0.717) is 37.1 Å². The van der Waals surface area contributed by atoms with Gasteiger partial charge < -0.3 is 21.7 Å². The van der Waals surface area contributed by atoms with E-state index < -0.39 is 0 Å². The van der Waals surface area contributed by atoms with E-state index in [-0.39, 0.29) is 0 Å². The minimum atomic E-state index is 0.327. The minimum Gasteiger partial charge on any atom is -0.396 e. The van der Waals surface area contributed by atoms with Gasteiger partial charge in [-0.1, -0.05) is 12.8 Å². The second-order valence-corrected chi connectivity index (χ2v) is 5.95. The lowest BCUT2D eigenvalue weighted by Crippen LogP contribution is -2.29. The molecule has 4 nitrogen and oxygen atoms in total. The van der Waals surface area contributed by atoms with E-state index in [1.54, 1.807) is 0 Å². The molecule has 18 heavy (non-hydrogen) atoms. The van der Waals surface area contributed by atoms with Crippen molar-refractivity contribution in [1.29, 1.82) is 0 Å². The fraction of sp³-hybridized carbons (Fsp3) is 1.00. The lowest BCUT2D eigenvalue weighted by Gasteiger charge is -2.24. The Hall–Kier alpha value is -0.160. The van der Waals surface area contributed by atoms with Gasteiger partial charge in [-0.3, -0.25) is 0 Å². The summed E-state index contributed by atoms with van der Waals surface area (Å²) in [6.45, 7) is 0.654. The van der Waals surface area contributed by atoms with Crippen LogP contribution in [0.3, 0.4) is 0 Å². The van der Waals surface area contributed by atoms with Crippen LogP contribution in [-0.2, 0) is 0 Å². The Labute approximate surface area is 111 Å². The molecule has 0 aromatic carbocycles. The van der Waals surface area contributed by atoms with Crippen molar-refractivity contribution in [3.8, 4) is 0 Å². The summed E-state index contributed by atoms with van der Waals surface area (Å²) in [6.07, 6.45) is 9.09. The number of hydrogen-bond acceptors (Lipinski definition) is 4. The fourth-order valence-corrected chi connectivity index (χ4v) is 3.00. The number of hydrogen-bond donors (Lipinski definition) is 4. The first kappa shape index (κ1) is 15.9. The first-order valence-corrected chi connectivity index (χ1v) is 7.38. The third kappa shape index (κ3) is 6.14. The Morgan fingerprint density at radius 1 is 0.722 bits per heavy atom. The van der Waals surface area contributed by atoms with Gasteiger partial charge in [0, 0.05) is 25.3 Å². The maximum atomic E-state index is 8.75. The molecule has 0 bridgehead atoms. The molecule has 4 atom stereocenters. The normalized spacial score (nSPS) is 36.7. The lowest BCUT2D eigenvalue weighted by atomic mass is 9.87. The highest BCUT2D eigenvalue weighted by molar-refractivity contribution is 4.74. The smallest absolute Gasteiger partial charge is 0.0459 e. The van der Waals surface area contributed by atoms with Crippen LogP contribution >= 0.6 is 0 Å². The maximum absolute atomic E-state index is 8.75. The van der Waals surface area contributed by atoms with Crippen molar-refractivity contribution in [3.63, 3.8) is 0 Å². The molecule has 108 valence electrons. The van der Waals surface area contributed by atoms with E-state index in [4.69, 9.17) is 21.7 Å². The van der Waals surface area contributed by atoms with Gasteiger partial charge in [0.25, 0.3) is 0 Å². The average Bonchev–Trinajstić information content (AvgIpc) is 2.39. The molecule has 2 saturated carbocycles. The van der Waals surface area contributed by atoms with Gasteiger partial charge in [-0.2, -0.15) is 0 Å². The minimum absolute atomic E-state index is 0.327. The maximum Gasteiger partial charge on any atom is 0.0459 e. The zero-order valence-corrected chi connectivity index (χ0v) is 11.4. The van der Waals surface area contributed by atoms with Gasteiger partial charge >= 0.3 is 0 Å². The predicted octanol–water partition coefficient (Wildman–Crippen LogP) is 0.992. The van der Waals surface area contributed by atoms with Gasteiger partial charge in [0.1, 0.15) is 0 Å². The molecule has 0 spiro atoms. The monoisotopic (exact) mass is 258 g/mol. The molecule has 0 heterocycles. The van der Waals surface area contributed by atoms with E-state index in [2.05, 4.69) is 0 Å². The summed E-state index contributed by atoms with van der Waals surface area (Å²) in [5.41, 5.74) is 11.4. The Morgan fingerprint density at radius 2 is 1.11 bits per heavy atom. The Balaban J connectivity index is 0.000000180. The molecule has 0 radical (unpaired) electrons. The van der Waals surface area contributed by atoms with Crippen molar-refractivity contribution in [2.75, 3.05) is 13.2 Å². The van der Waals surface area contributed by atoms with Gasteiger partial charge in [-0.15, -0.1) is 0 Å². The summed E-state index contributed by atoms with van der Waals surface area (Å²) < 4.78 is 0. The third-order valence-corrected chi connectivity index (χ3v) is 4.16. The largest absolute Gasteiger partial charge is 0.396 e. The van der Waals surface area contributed by atoms with Crippen molar-refractivity contribution in [2.24, 2.45) is 23.3 Å². The molecule has 4 heteroatoms. The predicted molar refractivity (Wildman–Crippen MR) is 74.0 cm³/mol. The molecule has 0 aliphatic heterocycles. The van der Waals surface area contributed by atoms with E-state index in [9.17, 15) is 0 Å². The van der Waals surface area contributed by atoms with Crippen LogP contribution in [0.1, 0.15) is 51.4 Å². The van der Waals surface area contributed by atoms with E-state index in [0.717, 1.165) is 25.7 Å².